The Morgan fingerprint density at radius 3 is 1.74 bits per heavy atom. The van der Waals surface area contributed by atoms with E-state index in [2.05, 4.69) is 4.99 Å². The van der Waals surface area contributed by atoms with E-state index < -0.39 is 0 Å². The highest BCUT2D eigenvalue weighted by Gasteiger charge is 2.20. The molecule has 0 atom stereocenters. The molecular formula is C22H17N3O2. The van der Waals surface area contributed by atoms with Gasteiger partial charge in [0.05, 0.1) is 17.1 Å². The number of rotatable bonds is 4. The molecule has 1 heterocycles. The van der Waals surface area contributed by atoms with E-state index in [9.17, 15) is 9.90 Å². The Kier molecular flexibility index (Phi) is 4.41. The number of nitrogens with zero attached hydrogens (tertiary/aromatic N) is 3. The molecule has 0 bridgehead atoms. The molecule has 3 aromatic carbocycles. The Balaban J connectivity index is 1.93. The quantitative estimate of drug-likeness (QED) is 0.561. The van der Waals surface area contributed by atoms with Crippen LogP contribution in [0.15, 0.2) is 101 Å². The second-order valence-corrected chi connectivity index (χ2v) is 5.93. The van der Waals surface area contributed by atoms with Crippen LogP contribution in [0.5, 0.6) is 5.88 Å². The molecule has 4 aromatic rings. The van der Waals surface area contributed by atoms with E-state index >= 15 is 0 Å². The van der Waals surface area contributed by atoms with E-state index in [-0.39, 0.29) is 17.0 Å². The summed E-state index contributed by atoms with van der Waals surface area (Å²) in [7, 11) is 0. The third-order valence-corrected chi connectivity index (χ3v) is 4.16. The molecule has 1 N–H and O–H groups in total. The Morgan fingerprint density at radius 1 is 0.704 bits per heavy atom. The van der Waals surface area contributed by atoms with E-state index in [1.54, 1.807) is 0 Å². The van der Waals surface area contributed by atoms with Gasteiger partial charge in [-0.3, -0.25) is 9.79 Å². The first-order valence-electron chi connectivity index (χ1n) is 8.52. The summed E-state index contributed by atoms with van der Waals surface area (Å²) >= 11 is 0. The third kappa shape index (κ3) is 3.18. The van der Waals surface area contributed by atoms with Crippen molar-refractivity contribution in [3.8, 4) is 17.3 Å². The van der Waals surface area contributed by atoms with Gasteiger partial charge in [-0.05, 0) is 36.4 Å². The van der Waals surface area contributed by atoms with Crippen LogP contribution in [-0.2, 0) is 0 Å². The van der Waals surface area contributed by atoms with Gasteiger partial charge in [0, 0.05) is 6.21 Å². The first kappa shape index (κ1) is 16.6. The van der Waals surface area contributed by atoms with Crippen LogP contribution >= 0.6 is 0 Å². The summed E-state index contributed by atoms with van der Waals surface area (Å²) < 4.78 is 2.93. The molecule has 0 aliphatic carbocycles. The minimum absolute atomic E-state index is 0.131. The Hall–Kier alpha value is -3.86. The van der Waals surface area contributed by atoms with Gasteiger partial charge in [0.25, 0.3) is 5.56 Å². The van der Waals surface area contributed by atoms with Crippen molar-refractivity contribution in [1.29, 1.82) is 0 Å². The molecule has 5 heteroatoms. The fourth-order valence-electron chi connectivity index (χ4n) is 2.88. The van der Waals surface area contributed by atoms with Crippen molar-refractivity contribution >= 4 is 11.9 Å². The maximum Gasteiger partial charge on any atom is 0.284 e. The van der Waals surface area contributed by atoms with E-state index in [1.165, 1.54) is 15.6 Å². The van der Waals surface area contributed by atoms with Gasteiger partial charge in [-0.2, -0.15) is 0 Å². The van der Waals surface area contributed by atoms with Crippen molar-refractivity contribution in [2.45, 2.75) is 0 Å². The summed E-state index contributed by atoms with van der Waals surface area (Å²) in [4.78, 5) is 17.4. The molecule has 0 saturated carbocycles. The molecule has 27 heavy (non-hydrogen) atoms. The minimum Gasteiger partial charge on any atom is -0.493 e. The zero-order valence-corrected chi connectivity index (χ0v) is 14.4. The molecule has 0 spiro atoms. The lowest BCUT2D eigenvalue weighted by Crippen LogP contribution is -2.21. The van der Waals surface area contributed by atoms with Gasteiger partial charge < -0.3 is 5.11 Å². The molecule has 0 unspecified atom stereocenters. The second kappa shape index (κ2) is 7.17. The molecular weight excluding hydrogens is 338 g/mol. The van der Waals surface area contributed by atoms with Gasteiger partial charge >= 0.3 is 0 Å². The summed E-state index contributed by atoms with van der Waals surface area (Å²) in [5, 5.41) is 10.8. The highest BCUT2D eigenvalue weighted by molar-refractivity contribution is 5.84. The average molecular weight is 355 g/mol. The summed E-state index contributed by atoms with van der Waals surface area (Å²) in [5.74, 6) is -0.158. The first-order valence-corrected chi connectivity index (χ1v) is 8.52. The van der Waals surface area contributed by atoms with Crippen LogP contribution in [0.3, 0.4) is 0 Å². The zero-order valence-electron chi connectivity index (χ0n) is 14.4. The molecule has 0 aliphatic rings. The van der Waals surface area contributed by atoms with Gasteiger partial charge in [0.15, 0.2) is 0 Å². The SMILES string of the molecule is O=c1c(C=Nc2ccccc2)c(O)n(-c2ccccc2)n1-c1ccccc1. The molecule has 0 aliphatic heterocycles. The predicted molar refractivity (Wildman–Crippen MR) is 107 cm³/mol. The monoisotopic (exact) mass is 355 g/mol. The van der Waals surface area contributed by atoms with Crippen LogP contribution in [0.1, 0.15) is 5.56 Å². The number of aliphatic imine (C=N–C) groups is 1. The maximum absolute atomic E-state index is 13.1. The molecule has 0 radical (unpaired) electrons. The molecule has 0 amide bonds. The van der Waals surface area contributed by atoms with Crippen LogP contribution < -0.4 is 5.56 Å². The zero-order chi connectivity index (χ0) is 18.6. The first-order chi connectivity index (χ1) is 13.3. The Morgan fingerprint density at radius 2 is 1.19 bits per heavy atom. The predicted octanol–water partition coefficient (Wildman–Crippen LogP) is 4.08. The van der Waals surface area contributed by atoms with Crippen molar-refractivity contribution < 1.29 is 5.11 Å². The van der Waals surface area contributed by atoms with Gasteiger partial charge in [-0.25, -0.2) is 9.36 Å². The van der Waals surface area contributed by atoms with E-state index in [0.717, 1.165) is 0 Å². The second-order valence-electron chi connectivity index (χ2n) is 5.93. The van der Waals surface area contributed by atoms with E-state index in [4.69, 9.17) is 0 Å². The van der Waals surface area contributed by atoms with Crippen molar-refractivity contribution in [1.82, 2.24) is 9.36 Å². The Labute approximate surface area is 156 Å². The van der Waals surface area contributed by atoms with Crippen LogP contribution in [0, 0.1) is 0 Å². The van der Waals surface area contributed by atoms with Gasteiger partial charge in [0.2, 0.25) is 5.88 Å². The fourth-order valence-corrected chi connectivity index (χ4v) is 2.88. The van der Waals surface area contributed by atoms with Crippen LogP contribution in [0.2, 0.25) is 0 Å². The summed E-state index contributed by atoms with van der Waals surface area (Å²) in [6.07, 6.45) is 1.41. The van der Waals surface area contributed by atoms with Gasteiger partial charge in [-0.15, -0.1) is 0 Å². The van der Waals surface area contributed by atoms with Crippen molar-refractivity contribution in [2.24, 2.45) is 4.99 Å². The van der Waals surface area contributed by atoms with Crippen molar-refractivity contribution in [3.63, 3.8) is 0 Å². The third-order valence-electron chi connectivity index (χ3n) is 4.16. The smallest absolute Gasteiger partial charge is 0.284 e. The highest BCUT2D eigenvalue weighted by Crippen LogP contribution is 2.22. The number of para-hydroxylation sites is 3. The minimum atomic E-state index is -0.345. The maximum atomic E-state index is 13.1. The summed E-state index contributed by atoms with van der Waals surface area (Å²) in [6, 6.07) is 27.7. The van der Waals surface area contributed by atoms with Gasteiger partial charge in [0.1, 0.15) is 5.56 Å². The molecule has 0 saturated heterocycles. The number of aromatic nitrogens is 2. The fraction of sp³-hybridized carbons (Fsp3) is 0. The number of hydrogen-bond donors (Lipinski definition) is 1. The topological polar surface area (TPSA) is 59.5 Å². The highest BCUT2D eigenvalue weighted by atomic mass is 16.3. The Bertz CT molecular complexity index is 1130. The lowest BCUT2D eigenvalue weighted by Gasteiger charge is -2.12. The van der Waals surface area contributed by atoms with E-state index in [1.807, 2.05) is 91.0 Å². The standard InChI is InChI=1S/C22H17N3O2/c26-21-20(16-23-17-10-4-1-5-11-17)22(27)25(19-14-8-3-9-15-19)24(21)18-12-6-2-7-13-18/h1-16,26H. The van der Waals surface area contributed by atoms with Crippen LogP contribution in [0.4, 0.5) is 5.69 Å². The van der Waals surface area contributed by atoms with E-state index in [0.29, 0.717) is 17.1 Å². The average Bonchev–Trinajstić information content (AvgIpc) is 2.98. The molecule has 1 aromatic heterocycles. The van der Waals surface area contributed by atoms with Gasteiger partial charge in [-0.1, -0.05) is 54.6 Å². The van der Waals surface area contributed by atoms with Crippen molar-refractivity contribution in [3.05, 3.63) is 107 Å². The summed E-state index contributed by atoms with van der Waals surface area (Å²) in [5.41, 5.74) is 1.82. The summed E-state index contributed by atoms with van der Waals surface area (Å²) in [6.45, 7) is 0. The molecule has 0 fully saturated rings. The molecule has 4 rings (SSSR count). The lowest BCUT2D eigenvalue weighted by molar-refractivity contribution is 0.425. The van der Waals surface area contributed by atoms with Crippen molar-refractivity contribution in [2.75, 3.05) is 0 Å². The number of aromatic hydroxyl groups is 1. The largest absolute Gasteiger partial charge is 0.493 e. The lowest BCUT2D eigenvalue weighted by atomic mass is 10.3. The molecule has 5 nitrogen and oxygen atoms in total. The molecule has 132 valence electrons. The number of benzene rings is 3. The normalized spacial score (nSPS) is 11.1. The van der Waals surface area contributed by atoms with Crippen LogP contribution in [-0.4, -0.2) is 20.7 Å². The number of hydrogen-bond acceptors (Lipinski definition) is 3. The van der Waals surface area contributed by atoms with Crippen LogP contribution in [0.25, 0.3) is 11.4 Å².